The van der Waals surface area contributed by atoms with Crippen molar-refractivity contribution < 1.29 is 9.90 Å². The van der Waals surface area contributed by atoms with Crippen LogP contribution in [0.15, 0.2) is 40.5 Å². The number of hydrogen-bond acceptors (Lipinski definition) is 13. The molecule has 0 saturated carbocycles. The van der Waals surface area contributed by atoms with Gasteiger partial charge in [-0.05, 0) is 25.0 Å². The van der Waals surface area contributed by atoms with Crippen LogP contribution < -0.4 is 21.0 Å². The molecule has 0 atom stereocenters. The van der Waals surface area contributed by atoms with Gasteiger partial charge >= 0.3 is 0 Å². The zero-order valence-corrected chi connectivity index (χ0v) is 24.2. The van der Waals surface area contributed by atoms with Gasteiger partial charge < -0.3 is 15.3 Å². The van der Waals surface area contributed by atoms with Crippen LogP contribution in [-0.2, 0) is 0 Å². The van der Waals surface area contributed by atoms with Gasteiger partial charge in [0.25, 0.3) is 5.91 Å². The molecule has 0 aliphatic carbocycles. The van der Waals surface area contributed by atoms with Crippen LogP contribution in [0.2, 0.25) is 5.02 Å². The molecule has 3 aromatic rings. The van der Waals surface area contributed by atoms with E-state index in [0.717, 1.165) is 35.7 Å². The number of piperazine rings is 1. The molecule has 0 unspecified atom stereocenters. The van der Waals surface area contributed by atoms with Gasteiger partial charge in [-0.1, -0.05) is 41.1 Å². The molecule has 2 aliphatic heterocycles. The molecule has 4 N–H and O–H groups in total. The maximum Gasteiger partial charge on any atom is 0.267 e. The molecular weight excluding hydrogens is 572 g/mol. The number of rotatable bonds is 10. The maximum absolute atomic E-state index is 12.9. The Morgan fingerprint density at radius 2 is 2.02 bits per heavy atom. The van der Waals surface area contributed by atoms with E-state index in [4.69, 9.17) is 11.6 Å². The molecule has 1 fully saturated rings. The van der Waals surface area contributed by atoms with Crippen LogP contribution in [0.25, 0.3) is 0 Å². The van der Waals surface area contributed by atoms with Crippen LogP contribution in [0, 0.1) is 6.92 Å². The molecular formula is C25H29ClN10O2S2. The lowest BCUT2D eigenvalue weighted by Crippen LogP contribution is -2.47. The van der Waals surface area contributed by atoms with E-state index in [1.54, 1.807) is 24.0 Å². The largest absolute Gasteiger partial charge is 0.395 e. The number of amides is 1. The van der Waals surface area contributed by atoms with Crippen molar-refractivity contribution in [2.24, 2.45) is 5.10 Å². The predicted octanol–water partition coefficient (Wildman–Crippen LogP) is 3.82. The van der Waals surface area contributed by atoms with Crippen LogP contribution in [-0.4, -0.2) is 87.1 Å². The average Bonchev–Trinajstić information content (AvgIpc) is 3.64. The van der Waals surface area contributed by atoms with Gasteiger partial charge in [0.2, 0.25) is 17.8 Å². The lowest BCUT2D eigenvalue weighted by atomic mass is 10.2. The number of carbonyl (C=O) groups excluding carboxylic acids is 1. The molecule has 12 nitrogen and oxygen atoms in total. The summed E-state index contributed by atoms with van der Waals surface area (Å²) in [7, 11) is 0. The van der Waals surface area contributed by atoms with E-state index in [-0.39, 0.29) is 24.4 Å². The Balaban J connectivity index is 1.32. The maximum atomic E-state index is 12.9. The lowest BCUT2D eigenvalue weighted by molar-refractivity contribution is 0.103. The number of allylic oxidation sites excluding steroid dienone is 2. The van der Waals surface area contributed by atoms with Gasteiger partial charge in [-0.25, -0.2) is 10.4 Å². The fraction of sp³-hybridized carbons (Fsp3) is 0.360. The number of aliphatic hydroxyl groups is 1. The average molecular weight is 601 g/mol. The summed E-state index contributed by atoms with van der Waals surface area (Å²) in [5, 5.41) is 20.4. The number of benzene rings is 1. The molecule has 1 amide bonds. The normalized spacial score (nSPS) is 15.9. The molecule has 0 radical (unpaired) electrons. The number of halogens is 1. The molecule has 1 aromatic carbocycles. The number of aromatic nitrogens is 4. The van der Waals surface area contributed by atoms with Crippen molar-refractivity contribution >= 4 is 75.5 Å². The summed E-state index contributed by atoms with van der Waals surface area (Å²) < 4.78 is 0. The second kappa shape index (κ2) is 13.4. The first kappa shape index (κ1) is 28.2. The van der Waals surface area contributed by atoms with Gasteiger partial charge in [0.05, 0.1) is 29.7 Å². The van der Waals surface area contributed by atoms with Gasteiger partial charge in [0.1, 0.15) is 4.88 Å². The second-order valence-electron chi connectivity index (χ2n) is 8.99. The van der Waals surface area contributed by atoms with Crippen LogP contribution in [0.5, 0.6) is 0 Å². The molecule has 40 heavy (non-hydrogen) atoms. The smallest absolute Gasteiger partial charge is 0.267 e. The third-order valence-electron chi connectivity index (χ3n) is 6.19. The summed E-state index contributed by atoms with van der Waals surface area (Å²) in [4.78, 5) is 36.7. The molecule has 5 rings (SSSR count). The highest BCUT2D eigenvalue weighted by Gasteiger charge is 2.21. The first-order valence-corrected chi connectivity index (χ1v) is 14.9. The standard InChI is InChI=1S/C25H29ClN10O2S2/c1-16-4-2-6-18(26)20(16)29-21(38)19-15-27-25(40-19)33-22-30-23(34-28-14-17-5-3-13-39-17)32-24(31-22)36-9-7-35(8-10-36)11-12-37/h2,4-6,14-15,37H,3,7-13H2,1H3,(H,29,38)(H2,27,30,31,32,33,34)/b28-14+. The summed E-state index contributed by atoms with van der Waals surface area (Å²) in [6.07, 6.45) is 6.42. The van der Waals surface area contributed by atoms with Crippen molar-refractivity contribution in [1.82, 2.24) is 24.8 Å². The minimum Gasteiger partial charge on any atom is -0.395 e. The predicted molar refractivity (Wildman–Crippen MR) is 162 cm³/mol. The molecule has 15 heteroatoms. The number of β-amino-alcohol motifs (C(OH)–C–C–N with tert-alkyl or cyclic N) is 1. The summed E-state index contributed by atoms with van der Waals surface area (Å²) >= 11 is 9.18. The van der Waals surface area contributed by atoms with Crippen molar-refractivity contribution in [1.29, 1.82) is 0 Å². The highest BCUT2D eigenvalue weighted by molar-refractivity contribution is 8.04. The number of thiazole rings is 1. The Morgan fingerprint density at radius 3 is 2.77 bits per heavy atom. The van der Waals surface area contributed by atoms with Crippen molar-refractivity contribution in [2.75, 3.05) is 66.0 Å². The minimum absolute atomic E-state index is 0.131. The van der Waals surface area contributed by atoms with Crippen molar-refractivity contribution in [3.05, 3.63) is 50.8 Å². The number of carbonyl (C=O) groups is 1. The van der Waals surface area contributed by atoms with Crippen LogP contribution in [0.4, 0.5) is 28.7 Å². The van der Waals surface area contributed by atoms with Crippen molar-refractivity contribution in [2.45, 2.75) is 13.3 Å². The number of aryl methyl sites for hydroxylation is 1. The molecule has 0 bridgehead atoms. The SMILES string of the molecule is Cc1cccc(Cl)c1NC(=O)c1cnc(Nc2nc(N/N=C/C3=CCCS3)nc(N3CCN(CCO)CC3)n2)s1. The Hall–Kier alpha value is -3.30. The van der Waals surface area contributed by atoms with E-state index in [9.17, 15) is 9.90 Å². The molecule has 0 spiro atoms. The van der Waals surface area contributed by atoms with Gasteiger partial charge in [0, 0.05) is 43.4 Å². The monoisotopic (exact) mass is 600 g/mol. The number of thioether (sulfide) groups is 1. The van der Waals surface area contributed by atoms with E-state index < -0.39 is 0 Å². The summed E-state index contributed by atoms with van der Waals surface area (Å²) in [6, 6.07) is 5.44. The number of nitrogens with zero attached hydrogens (tertiary/aromatic N) is 7. The number of hydrogen-bond donors (Lipinski definition) is 4. The van der Waals surface area contributed by atoms with Gasteiger partial charge in [0.15, 0.2) is 5.13 Å². The first-order chi connectivity index (χ1) is 19.5. The fourth-order valence-electron chi connectivity index (χ4n) is 4.10. The fourth-order valence-corrected chi connectivity index (χ4v) is 5.91. The summed E-state index contributed by atoms with van der Waals surface area (Å²) in [5.74, 6) is 1.80. The number of nitrogens with one attached hydrogen (secondary N) is 3. The molecule has 4 heterocycles. The number of aliphatic hydroxyl groups excluding tert-OH is 1. The minimum atomic E-state index is -0.311. The third kappa shape index (κ3) is 7.26. The second-order valence-corrected chi connectivity index (χ2v) is 11.6. The zero-order chi connectivity index (χ0) is 27.9. The Bertz CT molecular complexity index is 1390. The number of anilines is 5. The van der Waals surface area contributed by atoms with Gasteiger partial charge in [-0.2, -0.15) is 20.1 Å². The van der Waals surface area contributed by atoms with Gasteiger partial charge in [-0.15, -0.1) is 11.8 Å². The van der Waals surface area contributed by atoms with E-state index in [1.165, 1.54) is 17.5 Å². The summed E-state index contributed by atoms with van der Waals surface area (Å²) in [6.45, 7) is 5.65. The molecule has 2 aromatic heterocycles. The van der Waals surface area contributed by atoms with E-state index in [0.29, 0.717) is 46.3 Å². The number of hydrazone groups is 1. The Morgan fingerprint density at radius 1 is 1.20 bits per heavy atom. The number of para-hydroxylation sites is 1. The van der Waals surface area contributed by atoms with E-state index in [2.05, 4.69) is 57.0 Å². The Labute approximate surface area is 245 Å². The topological polar surface area (TPSA) is 144 Å². The zero-order valence-electron chi connectivity index (χ0n) is 21.8. The molecule has 210 valence electrons. The van der Waals surface area contributed by atoms with Crippen LogP contribution in [0.3, 0.4) is 0 Å². The molecule has 1 saturated heterocycles. The molecule has 2 aliphatic rings. The van der Waals surface area contributed by atoms with E-state index in [1.807, 2.05) is 19.1 Å². The highest BCUT2D eigenvalue weighted by Crippen LogP contribution is 2.28. The summed E-state index contributed by atoms with van der Waals surface area (Å²) in [5.41, 5.74) is 4.35. The van der Waals surface area contributed by atoms with Gasteiger partial charge in [-0.3, -0.25) is 15.0 Å². The van der Waals surface area contributed by atoms with E-state index >= 15 is 0 Å². The highest BCUT2D eigenvalue weighted by atomic mass is 35.5. The quantitative estimate of drug-likeness (QED) is 0.199. The lowest BCUT2D eigenvalue weighted by Gasteiger charge is -2.34. The van der Waals surface area contributed by atoms with Crippen molar-refractivity contribution in [3.63, 3.8) is 0 Å². The Kier molecular flexibility index (Phi) is 9.44. The van der Waals surface area contributed by atoms with Crippen LogP contribution in [0.1, 0.15) is 21.7 Å². The first-order valence-electron chi connectivity index (χ1n) is 12.7. The van der Waals surface area contributed by atoms with Crippen LogP contribution >= 0.6 is 34.7 Å². The third-order valence-corrected chi connectivity index (χ3v) is 8.46. The van der Waals surface area contributed by atoms with Crippen molar-refractivity contribution in [3.8, 4) is 0 Å².